The number of aromatic amines is 2. The third kappa shape index (κ3) is 8.25. The molecule has 0 saturated heterocycles. The Hall–Kier alpha value is -8.81. The molecule has 3 aromatic heterocycles. The number of aromatic nitrogens is 4. The van der Waals surface area contributed by atoms with E-state index >= 15 is 0 Å². The number of esters is 1. The molecule has 2 aliphatic rings. The first-order valence-electron chi connectivity index (χ1n) is 24.0. The Morgan fingerprint density at radius 2 is 0.746 bits per heavy atom. The first-order valence-corrected chi connectivity index (χ1v) is 24.0. The van der Waals surface area contributed by atoms with Crippen molar-refractivity contribution in [1.82, 2.24) is 19.9 Å². The summed E-state index contributed by atoms with van der Waals surface area (Å²) in [5.41, 5.74) is 25.8. The smallest absolute Gasteiger partial charge is 0.337 e. The molecule has 0 atom stereocenters. The second-order valence-corrected chi connectivity index (χ2v) is 18.7. The van der Waals surface area contributed by atoms with Crippen LogP contribution in [-0.4, -0.2) is 33.0 Å². The van der Waals surface area contributed by atoms with Crippen LogP contribution >= 0.6 is 0 Å². The molecule has 5 heterocycles. The lowest BCUT2D eigenvalue weighted by Crippen LogP contribution is -2.09. The molecule has 0 aliphatic carbocycles. The molecule has 0 amide bonds. The Bertz CT molecular complexity index is 3660. The van der Waals surface area contributed by atoms with E-state index in [2.05, 4.69) is 214 Å². The fourth-order valence-corrected chi connectivity index (χ4v) is 10.8. The Labute approximate surface area is 414 Å². The van der Waals surface area contributed by atoms with Gasteiger partial charge in [-0.2, -0.15) is 0 Å². The molecule has 0 unspecified atom stereocenters. The SMILES string of the molecule is COC(=O)c1ccc(-c2c3nc(c(-c4c(C)cc(C)cc4C)c4ccc([nH]4)c(-c4ccc(N(c5ccccc5)c5ccccc5)cc4)c4nc(c(-c5c(C)cc(C)cc5C)c5ccc2[nH]5)C=C4)C=C3)cc1. The highest BCUT2D eigenvalue weighted by atomic mass is 16.5. The van der Waals surface area contributed by atoms with Gasteiger partial charge in [-0.3, -0.25) is 0 Å². The van der Waals surface area contributed by atoms with Crippen LogP contribution in [0.2, 0.25) is 0 Å². The zero-order valence-corrected chi connectivity index (χ0v) is 41.0. The van der Waals surface area contributed by atoms with Gasteiger partial charge in [-0.25, -0.2) is 14.8 Å². The van der Waals surface area contributed by atoms with Crippen molar-refractivity contribution in [3.8, 4) is 44.5 Å². The van der Waals surface area contributed by atoms with Crippen molar-refractivity contribution in [3.63, 3.8) is 0 Å². The Kier molecular flexibility index (Phi) is 11.5. The van der Waals surface area contributed by atoms with Crippen LogP contribution in [0, 0.1) is 41.5 Å². The van der Waals surface area contributed by atoms with Crippen LogP contribution in [0.15, 0.2) is 158 Å². The summed E-state index contributed by atoms with van der Waals surface area (Å²) in [4.78, 5) is 33.9. The molecule has 8 bridgehead atoms. The van der Waals surface area contributed by atoms with Gasteiger partial charge in [0.15, 0.2) is 0 Å². The maximum absolute atomic E-state index is 12.6. The van der Waals surface area contributed by atoms with Gasteiger partial charge < -0.3 is 19.6 Å². The summed E-state index contributed by atoms with van der Waals surface area (Å²) < 4.78 is 5.08. The number of ether oxygens (including phenoxy) is 1. The lowest BCUT2D eigenvalue weighted by atomic mass is 9.92. The van der Waals surface area contributed by atoms with E-state index in [9.17, 15) is 4.79 Å². The molecule has 11 rings (SSSR count). The van der Waals surface area contributed by atoms with E-state index in [1.165, 1.54) is 18.2 Å². The van der Waals surface area contributed by atoms with Crippen LogP contribution in [-0.2, 0) is 4.74 Å². The van der Waals surface area contributed by atoms with E-state index in [1.807, 2.05) is 24.3 Å². The van der Waals surface area contributed by atoms with E-state index in [-0.39, 0.29) is 5.97 Å². The van der Waals surface area contributed by atoms with Crippen LogP contribution in [0.3, 0.4) is 0 Å². The maximum atomic E-state index is 12.6. The van der Waals surface area contributed by atoms with Crippen LogP contribution in [0.25, 0.3) is 90.9 Å². The highest BCUT2D eigenvalue weighted by molar-refractivity contribution is 6.01. The highest BCUT2D eigenvalue weighted by Gasteiger charge is 2.22. The molecule has 7 heteroatoms. The first-order chi connectivity index (χ1) is 34.5. The Morgan fingerprint density at radius 1 is 0.408 bits per heavy atom. The first kappa shape index (κ1) is 44.7. The molecule has 71 heavy (non-hydrogen) atoms. The minimum atomic E-state index is -0.386. The van der Waals surface area contributed by atoms with Gasteiger partial charge >= 0.3 is 5.97 Å². The number of anilines is 3. The number of methoxy groups -OCH3 is 1. The quantitative estimate of drug-likeness (QED) is 0.148. The molecule has 0 fully saturated rings. The fraction of sp³-hybridized carbons (Fsp3) is 0.109. The predicted octanol–water partition coefficient (Wildman–Crippen LogP) is 16.4. The molecule has 0 radical (unpaired) electrons. The summed E-state index contributed by atoms with van der Waals surface area (Å²) in [6.45, 7) is 13.0. The monoisotopic (exact) mass is 923 g/mol. The molecule has 2 N–H and O–H groups in total. The Morgan fingerprint density at radius 3 is 1.13 bits per heavy atom. The highest BCUT2D eigenvalue weighted by Crippen LogP contribution is 2.42. The van der Waals surface area contributed by atoms with Crippen molar-refractivity contribution in [2.45, 2.75) is 41.5 Å². The number of benzene rings is 6. The lowest BCUT2D eigenvalue weighted by molar-refractivity contribution is 0.0600. The minimum Gasteiger partial charge on any atom is -0.465 e. The normalized spacial score (nSPS) is 11.8. The summed E-state index contributed by atoms with van der Waals surface area (Å²) >= 11 is 0. The number of hydrogen-bond acceptors (Lipinski definition) is 5. The van der Waals surface area contributed by atoms with Gasteiger partial charge in [0.2, 0.25) is 0 Å². The standard InChI is InChI=1S/C64H53N5O2/c1-38-34-40(3)58(41(4)35-38)62-54-30-26-50(65-54)60(44-18-20-46(21-19-44)64(70)71-7)51-27-31-55(66-51)63(59-42(5)36-39(2)37-43(59)6)57-33-29-53(68-57)61(52-28-32-56(62)67-52)45-22-24-49(25-23-45)69(47-14-10-8-11-15-47)48-16-12-9-13-17-48/h8-37,65,68H,1-7H3. The second-order valence-electron chi connectivity index (χ2n) is 18.7. The summed E-state index contributed by atoms with van der Waals surface area (Å²) in [7, 11) is 1.40. The maximum Gasteiger partial charge on any atom is 0.337 e. The van der Waals surface area contributed by atoms with Gasteiger partial charge in [-0.1, -0.05) is 96.1 Å². The molecular weight excluding hydrogens is 871 g/mol. The van der Waals surface area contributed by atoms with E-state index < -0.39 is 0 Å². The zero-order valence-electron chi connectivity index (χ0n) is 41.0. The number of para-hydroxylation sites is 2. The summed E-state index contributed by atoms with van der Waals surface area (Å²) in [6, 6.07) is 55.0. The molecule has 346 valence electrons. The van der Waals surface area contributed by atoms with Crippen molar-refractivity contribution >= 4 is 69.4 Å². The number of carbonyl (C=O) groups excluding carboxylic acids is 1. The second kappa shape index (κ2) is 18.3. The third-order valence-electron chi connectivity index (χ3n) is 13.6. The number of hydrogen-bond donors (Lipinski definition) is 2. The van der Waals surface area contributed by atoms with Crippen molar-refractivity contribution in [2.24, 2.45) is 0 Å². The summed E-state index contributed by atoms with van der Waals surface area (Å²) in [6.07, 6.45) is 8.55. The van der Waals surface area contributed by atoms with Gasteiger partial charge in [0.1, 0.15) is 0 Å². The number of fused-ring (bicyclic) bond motifs is 8. The van der Waals surface area contributed by atoms with Gasteiger partial charge in [0.25, 0.3) is 0 Å². The predicted molar refractivity (Wildman–Crippen MR) is 295 cm³/mol. The lowest BCUT2D eigenvalue weighted by Gasteiger charge is -2.25. The molecule has 6 aromatic carbocycles. The number of rotatable bonds is 8. The molecule has 0 saturated carbocycles. The van der Waals surface area contributed by atoms with Crippen LogP contribution < -0.4 is 4.90 Å². The van der Waals surface area contributed by atoms with Crippen LogP contribution in [0.5, 0.6) is 0 Å². The van der Waals surface area contributed by atoms with E-state index in [0.29, 0.717) is 5.56 Å². The van der Waals surface area contributed by atoms with Gasteiger partial charge in [-0.15, -0.1) is 0 Å². The molecule has 7 nitrogen and oxygen atoms in total. The Balaban J connectivity index is 1.25. The van der Waals surface area contributed by atoms with E-state index in [0.717, 1.165) is 129 Å². The average Bonchev–Trinajstić information content (AvgIpc) is 4.23. The van der Waals surface area contributed by atoms with Gasteiger partial charge in [0, 0.05) is 61.4 Å². The van der Waals surface area contributed by atoms with Crippen LogP contribution in [0.4, 0.5) is 17.1 Å². The van der Waals surface area contributed by atoms with Crippen molar-refractivity contribution in [1.29, 1.82) is 0 Å². The average molecular weight is 924 g/mol. The van der Waals surface area contributed by atoms with Crippen molar-refractivity contribution in [2.75, 3.05) is 12.0 Å². The number of aryl methyl sites for hydroxylation is 6. The van der Waals surface area contributed by atoms with Crippen molar-refractivity contribution < 1.29 is 9.53 Å². The van der Waals surface area contributed by atoms with E-state index in [4.69, 9.17) is 14.7 Å². The molecule has 0 spiro atoms. The van der Waals surface area contributed by atoms with Gasteiger partial charge in [0.05, 0.1) is 35.4 Å². The summed E-state index contributed by atoms with van der Waals surface area (Å²) in [5.74, 6) is -0.386. The molecular formula is C64H53N5O2. The number of carbonyl (C=O) groups is 1. The topological polar surface area (TPSA) is 86.9 Å². The number of H-pyrrole nitrogens is 2. The third-order valence-corrected chi connectivity index (χ3v) is 13.6. The van der Waals surface area contributed by atoms with Gasteiger partial charge in [-0.05, 0) is 183 Å². The molecule has 2 aliphatic heterocycles. The molecule has 9 aromatic rings. The number of nitrogens with one attached hydrogen (secondary N) is 2. The van der Waals surface area contributed by atoms with Crippen molar-refractivity contribution in [3.05, 3.63) is 219 Å². The summed E-state index contributed by atoms with van der Waals surface area (Å²) in [5, 5.41) is 0. The number of nitrogens with zero attached hydrogens (tertiary/aromatic N) is 3. The van der Waals surface area contributed by atoms with Crippen LogP contribution in [0.1, 0.15) is 66.5 Å². The zero-order chi connectivity index (χ0) is 48.9. The fourth-order valence-electron chi connectivity index (χ4n) is 10.8. The largest absolute Gasteiger partial charge is 0.465 e. The van der Waals surface area contributed by atoms with E-state index in [1.54, 1.807) is 0 Å². The minimum absolute atomic E-state index is 0.386.